The van der Waals surface area contributed by atoms with E-state index in [2.05, 4.69) is 5.32 Å². The number of amides is 1. The lowest BCUT2D eigenvalue weighted by atomic mass is 10.2. The number of hydrogen-bond donors (Lipinski definition) is 1. The quantitative estimate of drug-likeness (QED) is 0.802. The highest BCUT2D eigenvalue weighted by Gasteiger charge is 2.25. The van der Waals surface area contributed by atoms with Gasteiger partial charge in [0.1, 0.15) is 6.17 Å². The first-order valence-corrected chi connectivity index (χ1v) is 5.67. The lowest BCUT2D eigenvalue weighted by molar-refractivity contribution is 0.0937. The van der Waals surface area contributed by atoms with Crippen molar-refractivity contribution in [3.63, 3.8) is 0 Å². The normalized spacial score (nSPS) is 26.4. The molecule has 1 N–H and O–H groups in total. The molecule has 0 saturated heterocycles. The van der Waals surface area contributed by atoms with Crippen LogP contribution in [0.3, 0.4) is 0 Å². The molecular weight excluding hydrogens is 201 g/mol. The minimum atomic E-state index is -0.734. The number of carbonyl (C=O) groups excluding carboxylic acids is 1. The molecule has 2 rings (SSSR count). The van der Waals surface area contributed by atoms with E-state index in [1.54, 1.807) is 11.4 Å². The number of rotatable bonds is 2. The summed E-state index contributed by atoms with van der Waals surface area (Å²) >= 11 is 1.49. The molecule has 1 aliphatic rings. The molecule has 1 saturated carbocycles. The maximum atomic E-state index is 12.8. The van der Waals surface area contributed by atoms with Crippen molar-refractivity contribution in [3.8, 4) is 0 Å². The van der Waals surface area contributed by atoms with Crippen molar-refractivity contribution in [1.29, 1.82) is 0 Å². The zero-order valence-corrected chi connectivity index (χ0v) is 8.52. The second-order valence-electron chi connectivity index (χ2n) is 3.59. The number of nitrogens with one attached hydrogen (secondary N) is 1. The van der Waals surface area contributed by atoms with Crippen molar-refractivity contribution in [2.75, 3.05) is 0 Å². The van der Waals surface area contributed by atoms with E-state index in [-0.39, 0.29) is 11.9 Å². The fraction of sp³-hybridized carbons (Fsp3) is 0.500. The highest BCUT2D eigenvalue weighted by molar-refractivity contribution is 7.08. The topological polar surface area (TPSA) is 29.1 Å². The fourth-order valence-electron chi connectivity index (χ4n) is 1.72. The summed E-state index contributed by atoms with van der Waals surface area (Å²) in [6.45, 7) is 0. The minimum Gasteiger partial charge on any atom is -0.349 e. The second kappa shape index (κ2) is 4.09. The number of hydrogen-bond acceptors (Lipinski definition) is 2. The number of alkyl halides is 1. The Hall–Kier alpha value is -0.900. The molecular formula is C10H12FNOS. The van der Waals surface area contributed by atoms with Crippen LogP contribution in [0.5, 0.6) is 0 Å². The molecule has 0 spiro atoms. The van der Waals surface area contributed by atoms with Gasteiger partial charge in [0.15, 0.2) is 0 Å². The summed E-state index contributed by atoms with van der Waals surface area (Å²) in [5, 5.41) is 6.50. The molecule has 1 aromatic heterocycles. The van der Waals surface area contributed by atoms with Gasteiger partial charge in [-0.15, -0.1) is 0 Å². The highest BCUT2D eigenvalue weighted by atomic mass is 32.1. The lowest BCUT2D eigenvalue weighted by Gasteiger charge is -2.10. The van der Waals surface area contributed by atoms with Gasteiger partial charge in [0, 0.05) is 17.0 Å². The predicted molar refractivity (Wildman–Crippen MR) is 54.3 cm³/mol. The average molecular weight is 213 g/mol. The van der Waals surface area contributed by atoms with Crippen LogP contribution in [-0.4, -0.2) is 18.1 Å². The van der Waals surface area contributed by atoms with Crippen LogP contribution in [0.25, 0.3) is 0 Å². The number of halogens is 1. The van der Waals surface area contributed by atoms with Crippen molar-refractivity contribution >= 4 is 17.2 Å². The van der Waals surface area contributed by atoms with Crippen LogP contribution in [0.4, 0.5) is 4.39 Å². The van der Waals surface area contributed by atoms with Gasteiger partial charge in [-0.1, -0.05) is 0 Å². The predicted octanol–water partition coefficient (Wildman–Crippen LogP) is 2.37. The second-order valence-corrected chi connectivity index (χ2v) is 4.37. The van der Waals surface area contributed by atoms with Gasteiger partial charge in [-0.3, -0.25) is 4.79 Å². The zero-order valence-electron chi connectivity index (χ0n) is 7.70. The molecule has 0 aliphatic heterocycles. The van der Waals surface area contributed by atoms with E-state index in [0.717, 1.165) is 6.42 Å². The minimum absolute atomic E-state index is 0.0254. The van der Waals surface area contributed by atoms with Crippen LogP contribution in [-0.2, 0) is 0 Å². The van der Waals surface area contributed by atoms with Gasteiger partial charge < -0.3 is 5.32 Å². The van der Waals surface area contributed by atoms with Crippen molar-refractivity contribution in [1.82, 2.24) is 5.32 Å². The maximum Gasteiger partial charge on any atom is 0.252 e. The van der Waals surface area contributed by atoms with Gasteiger partial charge >= 0.3 is 0 Å². The monoisotopic (exact) mass is 213 g/mol. The lowest BCUT2D eigenvalue weighted by Crippen LogP contribution is -2.32. The van der Waals surface area contributed by atoms with Crippen LogP contribution >= 0.6 is 11.3 Å². The first-order chi connectivity index (χ1) is 6.75. The molecule has 1 aromatic rings. The van der Waals surface area contributed by atoms with Gasteiger partial charge in [-0.25, -0.2) is 4.39 Å². The van der Waals surface area contributed by atoms with Crippen LogP contribution in [0, 0.1) is 0 Å². The van der Waals surface area contributed by atoms with E-state index in [0.29, 0.717) is 18.4 Å². The SMILES string of the molecule is O=C(N[C@H]1CC[C@@H](F)C1)c1ccsc1. The van der Waals surface area contributed by atoms with Crippen molar-refractivity contribution in [3.05, 3.63) is 22.4 Å². The summed E-state index contributed by atoms with van der Waals surface area (Å²) in [6.07, 6.45) is 1.07. The van der Waals surface area contributed by atoms with Gasteiger partial charge in [-0.2, -0.15) is 11.3 Å². The molecule has 4 heteroatoms. The van der Waals surface area contributed by atoms with E-state index < -0.39 is 6.17 Å². The first kappa shape index (κ1) is 9.65. The van der Waals surface area contributed by atoms with Crippen LogP contribution in [0.15, 0.2) is 16.8 Å². The molecule has 2 nitrogen and oxygen atoms in total. The average Bonchev–Trinajstić information content (AvgIpc) is 2.75. The fourth-order valence-corrected chi connectivity index (χ4v) is 2.36. The van der Waals surface area contributed by atoms with E-state index in [1.807, 2.05) is 5.38 Å². The summed E-state index contributed by atoms with van der Waals surface area (Å²) in [4.78, 5) is 11.5. The molecule has 1 fully saturated rings. The van der Waals surface area contributed by atoms with Gasteiger partial charge in [0.05, 0.1) is 0 Å². The molecule has 76 valence electrons. The van der Waals surface area contributed by atoms with E-state index in [1.165, 1.54) is 11.3 Å². The number of carbonyl (C=O) groups is 1. The standard InChI is InChI=1S/C10H12FNOS/c11-8-1-2-9(5-8)12-10(13)7-3-4-14-6-7/h3-4,6,8-9H,1-2,5H2,(H,12,13)/t8-,9+/m1/s1. The summed E-state index contributed by atoms with van der Waals surface area (Å²) in [5.41, 5.74) is 0.678. The molecule has 1 amide bonds. The zero-order chi connectivity index (χ0) is 9.97. The largest absolute Gasteiger partial charge is 0.349 e. The third-order valence-corrected chi connectivity index (χ3v) is 3.17. The molecule has 2 atom stereocenters. The number of thiophene rings is 1. The van der Waals surface area contributed by atoms with Crippen molar-refractivity contribution in [2.24, 2.45) is 0 Å². The van der Waals surface area contributed by atoms with Crippen LogP contribution < -0.4 is 5.32 Å². The Bertz CT molecular complexity index is 312. The van der Waals surface area contributed by atoms with Gasteiger partial charge in [-0.05, 0) is 30.7 Å². The Morgan fingerprint density at radius 3 is 3.00 bits per heavy atom. The molecule has 1 aliphatic carbocycles. The summed E-state index contributed by atoms with van der Waals surface area (Å²) in [6, 6.07) is 1.81. The highest BCUT2D eigenvalue weighted by Crippen LogP contribution is 2.22. The smallest absolute Gasteiger partial charge is 0.252 e. The Balaban J connectivity index is 1.89. The third-order valence-electron chi connectivity index (χ3n) is 2.49. The van der Waals surface area contributed by atoms with E-state index in [9.17, 15) is 9.18 Å². The molecule has 0 unspecified atom stereocenters. The first-order valence-electron chi connectivity index (χ1n) is 4.73. The van der Waals surface area contributed by atoms with E-state index >= 15 is 0 Å². The Morgan fingerprint density at radius 1 is 1.57 bits per heavy atom. The summed E-state index contributed by atoms with van der Waals surface area (Å²) < 4.78 is 12.8. The van der Waals surface area contributed by atoms with Crippen molar-refractivity contribution < 1.29 is 9.18 Å². The van der Waals surface area contributed by atoms with Crippen LogP contribution in [0.2, 0.25) is 0 Å². The third kappa shape index (κ3) is 2.12. The van der Waals surface area contributed by atoms with Gasteiger partial charge in [0.2, 0.25) is 0 Å². The maximum absolute atomic E-state index is 12.8. The summed E-state index contributed by atoms with van der Waals surface area (Å²) in [5.74, 6) is -0.0784. The molecule has 14 heavy (non-hydrogen) atoms. The van der Waals surface area contributed by atoms with Crippen LogP contribution in [0.1, 0.15) is 29.6 Å². The Kier molecular flexibility index (Phi) is 2.82. The molecule has 0 bridgehead atoms. The molecule has 0 aromatic carbocycles. The molecule has 0 radical (unpaired) electrons. The van der Waals surface area contributed by atoms with Crippen molar-refractivity contribution in [2.45, 2.75) is 31.5 Å². The van der Waals surface area contributed by atoms with E-state index in [4.69, 9.17) is 0 Å². The Labute approximate surface area is 86.1 Å². The van der Waals surface area contributed by atoms with Gasteiger partial charge in [0.25, 0.3) is 5.91 Å². The Morgan fingerprint density at radius 2 is 2.43 bits per heavy atom. The molecule has 1 heterocycles. The summed E-state index contributed by atoms with van der Waals surface area (Å²) in [7, 11) is 0.